The number of fused-ring (bicyclic) bond motifs is 1. The van der Waals surface area contributed by atoms with E-state index in [1.165, 1.54) is 24.3 Å². The number of rotatable bonds is 6. The summed E-state index contributed by atoms with van der Waals surface area (Å²) in [6.45, 7) is 6.39. The molecule has 2 saturated heterocycles. The maximum Gasteiger partial charge on any atom is 0.314 e. The molecule has 128 valence electrons. The summed E-state index contributed by atoms with van der Waals surface area (Å²) in [5, 5.41) is 8.01. The van der Waals surface area contributed by atoms with Crippen LogP contribution < -0.4 is 10.6 Å². The summed E-state index contributed by atoms with van der Waals surface area (Å²) in [5.41, 5.74) is 0. The van der Waals surface area contributed by atoms with E-state index in [0.717, 1.165) is 19.6 Å². The fraction of sp³-hybridized carbons (Fsp3) is 0.706. The molecule has 5 nitrogen and oxygen atoms in total. The van der Waals surface area contributed by atoms with Crippen LogP contribution in [-0.2, 0) is 11.2 Å². The van der Waals surface area contributed by atoms with Gasteiger partial charge < -0.3 is 15.4 Å². The van der Waals surface area contributed by atoms with Gasteiger partial charge in [0, 0.05) is 30.6 Å². The lowest BCUT2D eigenvalue weighted by atomic mass is 10.1. The number of carbonyl (C=O) groups excluding carboxylic acids is 1. The Labute approximate surface area is 142 Å². The Hall–Kier alpha value is -1.11. The fourth-order valence-electron chi connectivity index (χ4n) is 3.39. The van der Waals surface area contributed by atoms with Crippen LogP contribution in [0.1, 0.15) is 24.6 Å². The standard InChI is InChI=1S/C17H27N3O2S/c1-13(8-16-5-3-7-23-16)9-18-17(21)19-10-15-11-20-6-2-4-14(20)12-22-15/h3,5,7,13-15H,2,4,6,8-12H2,1H3,(H2,18,19,21)/t13-,14+,15+/m0/s1. The van der Waals surface area contributed by atoms with Crippen molar-refractivity contribution in [3.05, 3.63) is 22.4 Å². The smallest absolute Gasteiger partial charge is 0.314 e. The molecule has 23 heavy (non-hydrogen) atoms. The molecule has 2 aliphatic rings. The zero-order chi connectivity index (χ0) is 16.1. The van der Waals surface area contributed by atoms with Crippen LogP contribution in [0.4, 0.5) is 4.79 Å². The molecule has 0 aliphatic carbocycles. The Morgan fingerprint density at radius 2 is 2.43 bits per heavy atom. The van der Waals surface area contributed by atoms with Crippen LogP contribution in [-0.4, -0.2) is 55.9 Å². The first-order valence-electron chi connectivity index (χ1n) is 8.60. The second-order valence-corrected chi connectivity index (χ2v) is 7.76. The van der Waals surface area contributed by atoms with Gasteiger partial charge in [0.1, 0.15) is 0 Å². The number of morpholine rings is 1. The van der Waals surface area contributed by atoms with Crippen LogP contribution >= 0.6 is 11.3 Å². The highest BCUT2D eigenvalue weighted by atomic mass is 32.1. The molecule has 1 aromatic rings. The van der Waals surface area contributed by atoms with Crippen molar-refractivity contribution in [1.82, 2.24) is 15.5 Å². The lowest BCUT2D eigenvalue weighted by Gasteiger charge is -2.35. The van der Waals surface area contributed by atoms with Crippen LogP contribution in [0.2, 0.25) is 0 Å². The topological polar surface area (TPSA) is 53.6 Å². The number of carbonyl (C=O) groups is 1. The Morgan fingerprint density at radius 3 is 3.26 bits per heavy atom. The SMILES string of the molecule is C[C@H](CNC(=O)NC[C@@H]1CN2CCC[C@@H]2CO1)Cc1cccs1. The van der Waals surface area contributed by atoms with Crippen LogP contribution in [0.25, 0.3) is 0 Å². The van der Waals surface area contributed by atoms with Gasteiger partial charge in [-0.3, -0.25) is 4.90 Å². The molecule has 3 heterocycles. The summed E-state index contributed by atoms with van der Waals surface area (Å²) in [4.78, 5) is 15.8. The first kappa shape index (κ1) is 16.7. The van der Waals surface area contributed by atoms with Crippen molar-refractivity contribution in [3.63, 3.8) is 0 Å². The van der Waals surface area contributed by atoms with E-state index in [1.807, 2.05) is 0 Å². The molecule has 2 aliphatic heterocycles. The number of hydrogen-bond donors (Lipinski definition) is 2. The number of nitrogens with one attached hydrogen (secondary N) is 2. The van der Waals surface area contributed by atoms with Crippen molar-refractivity contribution >= 4 is 17.4 Å². The molecule has 6 heteroatoms. The molecule has 0 unspecified atom stereocenters. The lowest BCUT2D eigenvalue weighted by Crippen LogP contribution is -2.51. The zero-order valence-electron chi connectivity index (χ0n) is 13.8. The highest BCUT2D eigenvalue weighted by molar-refractivity contribution is 7.09. The largest absolute Gasteiger partial charge is 0.373 e. The summed E-state index contributed by atoms with van der Waals surface area (Å²) in [7, 11) is 0. The van der Waals surface area contributed by atoms with E-state index < -0.39 is 0 Å². The molecule has 2 amide bonds. The third-order valence-electron chi connectivity index (χ3n) is 4.69. The van der Waals surface area contributed by atoms with Gasteiger partial charge in [-0.25, -0.2) is 4.79 Å². The molecular weight excluding hydrogens is 310 g/mol. The third-order valence-corrected chi connectivity index (χ3v) is 5.59. The van der Waals surface area contributed by atoms with E-state index >= 15 is 0 Å². The van der Waals surface area contributed by atoms with Crippen LogP contribution in [0.5, 0.6) is 0 Å². The Balaban J connectivity index is 1.30. The van der Waals surface area contributed by atoms with E-state index in [0.29, 0.717) is 25.0 Å². The van der Waals surface area contributed by atoms with E-state index in [2.05, 4.69) is 40.0 Å². The highest BCUT2D eigenvalue weighted by Gasteiger charge is 2.32. The normalized spacial score (nSPS) is 25.8. The molecule has 2 N–H and O–H groups in total. The molecule has 0 aromatic carbocycles. The fourth-order valence-corrected chi connectivity index (χ4v) is 4.26. The number of nitrogens with zero attached hydrogens (tertiary/aromatic N) is 1. The number of ether oxygens (including phenoxy) is 1. The number of urea groups is 1. The van der Waals surface area contributed by atoms with Crippen molar-refractivity contribution in [1.29, 1.82) is 0 Å². The minimum atomic E-state index is -0.0878. The van der Waals surface area contributed by atoms with Crippen LogP contribution in [0.3, 0.4) is 0 Å². The average molecular weight is 337 g/mol. The minimum absolute atomic E-state index is 0.0878. The van der Waals surface area contributed by atoms with Gasteiger partial charge in [0.2, 0.25) is 0 Å². The average Bonchev–Trinajstić information content (AvgIpc) is 3.21. The lowest BCUT2D eigenvalue weighted by molar-refractivity contribution is -0.0457. The minimum Gasteiger partial charge on any atom is -0.373 e. The Morgan fingerprint density at radius 1 is 1.52 bits per heavy atom. The van der Waals surface area contributed by atoms with Gasteiger partial charge in [-0.2, -0.15) is 0 Å². The monoisotopic (exact) mass is 337 g/mol. The van der Waals surface area contributed by atoms with Crippen molar-refractivity contribution in [2.45, 2.75) is 38.3 Å². The molecule has 0 spiro atoms. The van der Waals surface area contributed by atoms with Crippen molar-refractivity contribution in [2.24, 2.45) is 5.92 Å². The van der Waals surface area contributed by atoms with Gasteiger partial charge in [-0.1, -0.05) is 13.0 Å². The number of hydrogen-bond acceptors (Lipinski definition) is 4. The first-order chi connectivity index (χ1) is 11.2. The molecule has 3 rings (SSSR count). The maximum absolute atomic E-state index is 11.9. The summed E-state index contributed by atoms with van der Waals surface area (Å²) in [6, 6.07) is 4.74. The number of amides is 2. The predicted octanol–water partition coefficient (Wildman–Crippen LogP) is 2.09. The molecule has 2 fully saturated rings. The number of thiophene rings is 1. The molecule has 0 radical (unpaired) electrons. The first-order valence-corrected chi connectivity index (χ1v) is 9.48. The van der Waals surface area contributed by atoms with Gasteiger partial charge >= 0.3 is 6.03 Å². The van der Waals surface area contributed by atoms with Gasteiger partial charge in [0.15, 0.2) is 0 Å². The second kappa shape index (κ2) is 8.13. The molecular formula is C17H27N3O2S. The van der Waals surface area contributed by atoms with Crippen molar-refractivity contribution in [3.8, 4) is 0 Å². The van der Waals surface area contributed by atoms with E-state index in [4.69, 9.17) is 4.74 Å². The van der Waals surface area contributed by atoms with Gasteiger partial charge in [0.25, 0.3) is 0 Å². The summed E-state index contributed by atoms with van der Waals surface area (Å²) in [6.07, 6.45) is 3.66. The molecule has 3 atom stereocenters. The van der Waals surface area contributed by atoms with Crippen LogP contribution in [0.15, 0.2) is 17.5 Å². The maximum atomic E-state index is 11.9. The Kier molecular flexibility index (Phi) is 5.91. The highest BCUT2D eigenvalue weighted by Crippen LogP contribution is 2.22. The second-order valence-electron chi connectivity index (χ2n) is 6.73. The van der Waals surface area contributed by atoms with Crippen LogP contribution in [0, 0.1) is 5.92 Å². The van der Waals surface area contributed by atoms with E-state index in [9.17, 15) is 4.79 Å². The summed E-state index contributed by atoms with van der Waals surface area (Å²) in [5.74, 6) is 0.440. The zero-order valence-corrected chi connectivity index (χ0v) is 14.6. The summed E-state index contributed by atoms with van der Waals surface area (Å²) < 4.78 is 5.86. The van der Waals surface area contributed by atoms with Gasteiger partial charge in [-0.05, 0) is 43.2 Å². The molecule has 0 bridgehead atoms. The van der Waals surface area contributed by atoms with Crippen molar-refractivity contribution in [2.75, 3.05) is 32.8 Å². The Bertz CT molecular complexity index is 494. The predicted molar refractivity (Wildman–Crippen MR) is 92.9 cm³/mol. The van der Waals surface area contributed by atoms with Gasteiger partial charge in [0.05, 0.1) is 12.7 Å². The third kappa shape index (κ3) is 4.93. The van der Waals surface area contributed by atoms with Gasteiger partial charge in [-0.15, -0.1) is 11.3 Å². The molecule has 0 saturated carbocycles. The summed E-state index contributed by atoms with van der Waals surface area (Å²) >= 11 is 1.77. The quantitative estimate of drug-likeness (QED) is 0.836. The molecule has 1 aromatic heterocycles. The van der Waals surface area contributed by atoms with Crippen molar-refractivity contribution < 1.29 is 9.53 Å². The van der Waals surface area contributed by atoms with E-state index in [1.54, 1.807) is 11.3 Å². The van der Waals surface area contributed by atoms with E-state index in [-0.39, 0.29) is 12.1 Å².